The highest BCUT2D eigenvalue weighted by molar-refractivity contribution is 7.99. The lowest BCUT2D eigenvalue weighted by atomic mass is 9.89. The molecule has 1 aliphatic rings. The predicted molar refractivity (Wildman–Crippen MR) is 113 cm³/mol. The first-order chi connectivity index (χ1) is 13.1. The highest BCUT2D eigenvalue weighted by atomic mass is 32.2. The molecule has 0 N–H and O–H groups in total. The lowest BCUT2D eigenvalue weighted by molar-refractivity contribution is 0.338. The fourth-order valence-electron chi connectivity index (χ4n) is 3.89. The van der Waals surface area contributed by atoms with Crippen molar-refractivity contribution in [2.45, 2.75) is 83.3 Å². The minimum absolute atomic E-state index is 0.467. The number of benzene rings is 1. The summed E-state index contributed by atoms with van der Waals surface area (Å²) in [5.74, 6) is 4.16. The molecular formula is C22H33N3OS. The Kier molecular flexibility index (Phi) is 7.22. The number of ether oxygens (including phenoxy) is 1. The maximum Gasteiger partial charge on any atom is 0.191 e. The van der Waals surface area contributed by atoms with Gasteiger partial charge >= 0.3 is 0 Å². The average Bonchev–Trinajstić information content (AvgIpc) is 3.08. The molecule has 148 valence electrons. The minimum atomic E-state index is 0.467. The summed E-state index contributed by atoms with van der Waals surface area (Å²) in [5, 5.41) is 10.1. The van der Waals surface area contributed by atoms with Crippen LogP contribution in [0.1, 0.15) is 81.7 Å². The smallest absolute Gasteiger partial charge is 0.191 e. The minimum Gasteiger partial charge on any atom is -0.492 e. The van der Waals surface area contributed by atoms with Gasteiger partial charge in [0.25, 0.3) is 0 Å². The molecule has 0 saturated heterocycles. The van der Waals surface area contributed by atoms with Gasteiger partial charge in [-0.05, 0) is 49.8 Å². The third kappa shape index (κ3) is 5.07. The zero-order chi connectivity index (χ0) is 19.2. The molecule has 1 aromatic heterocycles. The van der Waals surface area contributed by atoms with Gasteiger partial charge in [0, 0.05) is 18.2 Å². The van der Waals surface area contributed by atoms with Crippen LogP contribution in [0.2, 0.25) is 0 Å². The highest BCUT2D eigenvalue weighted by Crippen LogP contribution is 2.33. The monoisotopic (exact) mass is 387 g/mol. The van der Waals surface area contributed by atoms with Crippen LogP contribution < -0.4 is 4.74 Å². The van der Waals surface area contributed by atoms with E-state index < -0.39 is 0 Å². The molecule has 0 radical (unpaired) electrons. The van der Waals surface area contributed by atoms with Gasteiger partial charge in [0.2, 0.25) is 0 Å². The Morgan fingerprint density at radius 2 is 1.96 bits per heavy atom. The SMILES string of the molecule is CCn1c(SCCOc2cc(C)ccc2C(C)C)nnc1C1CCCCC1. The van der Waals surface area contributed by atoms with Crippen molar-refractivity contribution in [2.75, 3.05) is 12.4 Å². The number of nitrogens with zero attached hydrogens (tertiary/aromatic N) is 3. The Morgan fingerprint density at radius 1 is 1.19 bits per heavy atom. The van der Waals surface area contributed by atoms with Crippen molar-refractivity contribution >= 4 is 11.8 Å². The van der Waals surface area contributed by atoms with Gasteiger partial charge in [-0.2, -0.15) is 0 Å². The van der Waals surface area contributed by atoms with Crippen LogP contribution in [-0.2, 0) is 6.54 Å². The highest BCUT2D eigenvalue weighted by Gasteiger charge is 2.22. The summed E-state index contributed by atoms with van der Waals surface area (Å²) in [4.78, 5) is 0. The lowest BCUT2D eigenvalue weighted by Gasteiger charge is -2.21. The van der Waals surface area contributed by atoms with E-state index in [0.717, 1.165) is 23.2 Å². The number of hydrogen-bond donors (Lipinski definition) is 0. The Labute approximate surface area is 168 Å². The van der Waals surface area contributed by atoms with Crippen molar-refractivity contribution in [1.29, 1.82) is 0 Å². The molecule has 0 unspecified atom stereocenters. The summed E-state index contributed by atoms with van der Waals surface area (Å²) in [6.45, 7) is 10.4. The Morgan fingerprint density at radius 3 is 2.67 bits per heavy atom. The third-order valence-electron chi connectivity index (χ3n) is 5.40. The van der Waals surface area contributed by atoms with Crippen LogP contribution in [0.25, 0.3) is 0 Å². The molecule has 0 bridgehead atoms. The van der Waals surface area contributed by atoms with Gasteiger partial charge in [0.15, 0.2) is 5.16 Å². The maximum absolute atomic E-state index is 6.12. The summed E-state index contributed by atoms with van der Waals surface area (Å²) >= 11 is 1.76. The largest absolute Gasteiger partial charge is 0.492 e. The van der Waals surface area contributed by atoms with Gasteiger partial charge in [-0.1, -0.05) is 57.0 Å². The standard InChI is InChI=1S/C22H33N3OS/c1-5-25-21(18-9-7-6-8-10-18)23-24-22(25)27-14-13-26-20-15-17(4)11-12-19(20)16(2)3/h11-12,15-16,18H,5-10,13-14H2,1-4H3. The fourth-order valence-corrected chi connectivity index (χ4v) is 4.72. The van der Waals surface area contributed by atoms with Crippen LogP contribution in [0, 0.1) is 6.92 Å². The predicted octanol–water partition coefficient (Wildman–Crippen LogP) is 5.95. The maximum atomic E-state index is 6.12. The lowest BCUT2D eigenvalue weighted by Crippen LogP contribution is -2.12. The zero-order valence-corrected chi connectivity index (χ0v) is 18.0. The van der Waals surface area contributed by atoms with E-state index in [9.17, 15) is 0 Å². The Bertz CT molecular complexity index is 735. The molecule has 1 aromatic carbocycles. The molecule has 1 heterocycles. The van der Waals surface area contributed by atoms with Gasteiger partial charge in [0.1, 0.15) is 11.6 Å². The molecule has 1 aliphatic carbocycles. The van der Waals surface area contributed by atoms with Crippen LogP contribution in [-0.4, -0.2) is 27.1 Å². The number of aryl methyl sites for hydroxylation is 1. The van der Waals surface area contributed by atoms with E-state index in [-0.39, 0.29) is 0 Å². The summed E-state index contributed by atoms with van der Waals surface area (Å²) in [7, 11) is 0. The molecule has 2 aromatic rings. The van der Waals surface area contributed by atoms with Crippen LogP contribution in [0.15, 0.2) is 23.4 Å². The summed E-state index contributed by atoms with van der Waals surface area (Å²) < 4.78 is 8.43. The number of aromatic nitrogens is 3. The first-order valence-electron chi connectivity index (χ1n) is 10.4. The van der Waals surface area contributed by atoms with Crippen molar-refractivity contribution in [1.82, 2.24) is 14.8 Å². The van der Waals surface area contributed by atoms with Crippen molar-refractivity contribution < 1.29 is 4.74 Å². The average molecular weight is 388 g/mol. The quantitative estimate of drug-likeness (QED) is 0.414. The van der Waals surface area contributed by atoms with E-state index in [1.165, 1.54) is 49.1 Å². The second-order valence-corrected chi connectivity index (χ2v) is 8.87. The Balaban J connectivity index is 1.58. The van der Waals surface area contributed by atoms with Crippen LogP contribution in [0.4, 0.5) is 0 Å². The van der Waals surface area contributed by atoms with E-state index in [4.69, 9.17) is 4.74 Å². The molecule has 0 amide bonds. The second kappa shape index (κ2) is 9.63. The van der Waals surface area contributed by atoms with Crippen LogP contribution in [0.5, 0.6) is 5.75 Å². The third-order valence-corrected chi connectivity index (χ3v) is 6.33. The topological polar surface area (TPSA) is 39.9 Å². The van der Waals surface area contributed by atoms with E-state index in [1.54, 1.807) is 11.8 Å². The molecule has 1 fully saturated rings. The van der Waals surface area contributed by atoms with E-state index in [0.29, 0.717) is 18.4 Å². The Hall–Kier alpha value is -1.49. The number of rotatable bonds is 8. The summed E-state index contributed by atoms with van der Waals surface area (Å²) in [6, 6.07) is 6.50. The molecule has 3 rings (SSSR count). The van der Waals surface area contributed by atoms with Crippen LogP contribution in [0.3, 0.4) is 0 Å². The molecule has 27 heavy (non-hydrogen) atoms. The van der Waals surface area contributed by atoms with Crippen LogP contribution >= 0.6 is 11.8 Å². The van der Waals surface area contributed by atoms with Gasteiger partial charge in [-0.25, -0.2) is 0 Å². The molecular weight excluding hydrogens is 354 g/mol. The summed E-state index contributed by atoms with van der Waals surface area (Å²) in [6.07, 6.45) is 6.54. The number of hydrogen-bond acceptors (Lipinski definition) is 4. The van der Waals surface area contributed by atoms with E-state index in [1.807, 2.05) is 0 Å². The van der Waals surface area contributed by atoms with Crippen molar-refractivity contribution in [2.24, 2.45) is 0 Å². The molecule has 0 spiro atoms. The molecule has 4 nitrogen and oxygen atoms in total. The number of thioether (sulfide) groups is 1. The van der Waals surface area contributed by atoms with Crippen molar-refractivity contribution in [3.8, 4) is 5.75 Å². The first-order valence-corrected chi connectivity index (χ1v) is 11.4. The van der Waals surface area contributed by atoms with Gasteiger partial charge in [-0.15, -0.1) is 10.2 Å². The molecule has 1 saturated carbocycles. The van der Waals surface area contributed by atoms with Crippen molar-refractivity contribution in [3.05, 3.63) is 35.2 Å². The normalized spacial score (nSPS) is 15.4. The first kappa shape index (κ1) is 20.2. The zero-order valence-electron chi connectivity index (χ0n) is 17.2. The second-order valence-electron chi connectivity index (χ2n) is 7.81. The van der Waals surface area contributed by atoms with Gasteiger partial charge in [0.05, 0.1) is 6.61 Å². The van der Waals surface area contributed by atoms with Gasteiger partial charge < -0.3 is 9.30 Å². The van der Waals surface area contributed by atoms with E-state index in [2.05, 4.69) is 60.7 Å². The fraction of sp³-hybridized carbons (Fsp3) is 0.636. The molecule has 5 heteroatoms. The summed E-state index contributed by atoms with van der Waals surface area (Å²) in [5.41, 5.74) is 2.52. The van der Waals surface area contributed by atoms with Gasteiger partial charge in [-0.3, -0.25) is 0 Å². The molecule has 0 atom stereocenters. The molecule has 0 aliphatic heterocycles. The van der Waals surface area contributed by atoms with E-state index >= 15 is 0 Å². The van der Waals surface area contributed by atoms with Crippen molar-refractivity contribution in [3.63, 3.8) is 0 Å².